The second-order valence-corrected chi connectivity index (χ2v) is 10.3. The van der Waals surface area contributed by atoms with Crippen molar-refractivity contribution in [2.24, 2.45) is 5.41 Å². The molecule has 0 radical (unpaired) electrons. The molecule has 2 heterocycles. The van der Waals surface area contributed by atoms with Crippen molar-refractivity contribution < 1.29 is 27.8 Å². The van der Waals surface area contributed by atoms with Crippen LogP contribution in [0.2, 0.25) is 0 Å². The number of thioether (sulfide) groups is 1. The molecule has 3 rings (SSSR count). The zero-order chi connectivity index (χ0) is 22.2. The van der Waals surface area contributed by atoms with Gasteiger partial charge < -0.3 is 14.7 Å². The molecule has 0 bridgehead atoms. The molecule has 168 valence electrons. The first-order valence-electron chi connectivity index (χ1n) is 10.3. The molecule has 1 amide bonds. The number of rotatable bonds is 6. The lowest BCUT2D eigenvalue weighted by Gasteiger charge is -2.41. The van der Waals surface area contributed by atoms with Crippen molar-refractivity contribution in [1.82, 2.24) is 4.98 Å². The molecule has 1 aromatic rings. The van der Waals surface area contributed by atoms with Crippen LogP contribution in [0.25, 0.3) is 0 Å². The van der Waals surface area contributed by atoms with Crippen molar-refractivity contribution in [3.05, 3.63) is 18.3 Å². The molecule has 2 aliphatic rings. The van der Waals surface area contributed by atoms with Crippen LogP contribution in [0.15, 0.2) is 18.3 Å². The monoisotopic (exact) mass is 446 g/mol. The van der Waals surface area contributed by atoms with Gasteiger partial charge in [-0.15, -0.1) is 0 Å². The highest BCUT2D eigenvalue weighted by Gasteiger charge is 2.51. The van der Waals surface area contributed by atoms with Gasteiger partial charge in [-0.1, -0.05) is 13.8 Å². The Balaban J connectivity index is 1.62. The second-order valence-electron chi connectivity index (χ2n) is 8.73. The quantitative estimate of drug-likeness (QED) is 0.693. The van der Waals surface area contributed by atoms with E-state index in [1.54, 1.807) is 22.7 Å². The van der Waals surface area contributed by atoms with Crippen molar-refractivity contribution in [2.45, 2.75) is 76.0 Å². The fraction of sp³-hybridized carbons (Fsp3) is 0.714. The average Bonchev–Trinajstić information content (AvgIpc) is 2.99. The summed E-state index contributed by atoms with van der Waals surface area (Å²) in [7, 11) is 0. The normalized spacial score (nSPS) is 28.4. The molecule has 0 aromatic carbocycles. The number of aliphatic hydroxyl groups is 1. The minimum absolute atomic E-state index is 0.0141. The summed E-state index contributed by atoms with van der Waals surface area (Å²) in [5, 5.41) is 11.3. The number of halogens is 3. The van der Waals surface area contributed by atoms with Crippen molar-refractivity contribution in [2.75, 3.05) is 17.2 Å². The standard InChI is InChI=1S/C21H29F3N2O3S/c1-14(2)30-13-20(28)8-6-19(7-9-20)10-11-26(18(19)27)16-4-5-17(25-12-16)29-15(3)21(22,23)24/h4-5,12,14-15,28H,6-11,13H2,1-3H3/t15-,19-,20+/m0/s1. The Morgan fingerprint density at radius 3 is 2.40 bits per heavy atom. The summed E-state index contributed by atoms with van der Waals surface area (Å²) >= 11 is 1.74. The van der Waals surface area contributed by atoms with Gasteiger partial charge in [0, 0.05) is 18.4 Å². The Bertz CT molecular complexity index is 747. The number of nitrogens with zero attached hydrogens (tertiary/aromatic N) is 2. The first-order chi connectivity index (χ1) is 13.9. The van der Waals surface area contributed by atoms with E-state index in [0.717, 1.165) is 6.92 Å². The molecule has 30 heavy (non-hydrogen) atoms. The second kappa shape index (κ2) is 8.57. The number of alkyl halides is 3. The Morgan fingerprint density at radius 1 is 1.20 bits per heavy atom. The van der Waals surface area contributed by atoms with Crippen molar-refractivity contribution in [3.8, 4) is 5.88 Å². The van der Waals surface area contributed by atoms with Gasteiger partial charge in [0.15, 0.2) is 6.10 Å². The molecule has 0 unspecified atom stereocenters. The Kier molecular flexibility index (Phi) is 6.63. The highest BCUT2D eigenvalue weighted by Crippen LogP contribution is 2.49. The van der Waals surface area contributed by atoms with Crippen molar-refractivity contribution >= 4 is 23.4 Å². The average molecular weight is 447 g/mol. The van der Waals surface area contributed by atoms with Crippen LogP contribution in [0.4, 0.5) is 18.9 Å². The summed E-state index contributed by atoms with van der Waals surface area (Å²) in [6.07, 6.45) is -1.82. The van der Waals surface area contributed by atoms with Crippen molar-refractivity contribution in [1.29, 1.82) is 0 Å². The van der Waals surface area contributed by atoms with Gasteiger partial charge in [-0.2, -0.15) is 24.9 Å². The number of carbonyl (C=O) groups excluding carboxylic acids is 1. The fourth-order valence-corrected chi connectivity index (χ4v) is 4.97. The first-order valence-corrected chi connectivity index (χ1v) is 11.3. The molecule has 1 saturated heterocycles. The van der Waals surface area contributed by atoms with Gasteiger partial charge in [-0.25, -0.2) is 4.98 Å². The Morgan fingerprint density at radius 2 is 1.87 bits per heavy atom. The topological polar surface area (TPSA) is 62.7 Å². The molecule has 1 aliphatic heterocycles. The van der Waals surface area contributed by atoms with E-state index in [2.05, 4.69) is 18.8 Å². The molecule has 1 aromatic heterocycles. The van der Waals surface area contributed by atoms with E-state index in [4.69, 9.17) is 4.74 Å². The summed E-state index contributed by atoms with van der Waals surface area (Å²) in [5.41, 5.74) is -0.627. The van der Waals surface area contributed by atoms with Crippen LogP contribution >= 0.6 is 11.8 Å². The molecule has 1 aliphatic carbocycles. The maximum atomic E-state index is 13.2. The molecule has 1 spiro atoms. The van der Waals surface area contributed by atoms with Crippen LogP contribution in [-0.2, 0) is 4.79 Å². The van der Waals surface area contributed by atoms with Crippen LogP contribution < -0.4 is 9.64 Å². The van der Waals surface area contributed by atoms with Crippen LogP contribution in [0, 0.1) is 5.41 Å². The van der Waals surface area contributed by atoms with Gasteiger partial charge in [-0.3, -0.25) is 4.79 Å². The maximum absolute atomic E-state index is 13.2. The molecule has 1 N–H and O–H groups in total. The van der Waals surface area contributed by atoms with Gasteiger partial charge in [0.2, 0.25) is 11.8 Å². The number of hydrogen-bond donors (Lipinski definition) is 1. The smallest absolute Gasteiger partial charge is 0.425 e. The van der Waals surface area contributed by atoms with E-state index in [1.807, 2.05) is 0 Å². The van der Waals surface area contributed by atoms with Crippen molar-refractivity contribution in [3.63, 3.8) is 0 Å². The van der Waals surface area contributed by atoms with Crippen LogP contribution in [0.1, 0.15) is 52.9 Å². The third-order valence-corrected chi connectivity index (χ3v) is 7.50. The third-order valence-electron chi connectivity index (χ3n) is 6.13. The summed E-state index contributed by atoms with van der Waals surface area (Å²) in [5.74, 6) is 0.566. The molecule has 2 fully saturated rings. The van der Waals surface area contributed by atoms with E-state index in [1.165, 1.54) is 12.3 Å². The maximum Gasteiger partial charge on any atom is 0.425 e. The highest BCUT2D eigenvalue weighted by molar-refractivity contribution is 7.99. The van der Waals surface area contributed by atoms with E-state index >= 15 is 0 Å². The minimum Gasteiger partial charge on any atom is -0.465 e. The summed E-state index contributed by atoms with van der Waals surface area (Å²) < 4.78 is 42.7. The number of hydrogen-bond acceptors (Lipinski definition) is 5. The zero-order valence-electron chi connectivity index (χ0n) is 17.5. The SMILES string of the molecule is CC(C)SC[C@]1(O)CC[C@]2(CCN(c3ccc(O[C@@H](C)C(F)(F)F)nc3)C2=O)CC1. The minimum atomic E-state index is -4.46. The van der Waals surface area contributed by atoms with E-state index in [9.17, 15) is 23.1 Å². The number of ether oxygens (including phenoxy) is 1. The van der Waals surface area contributed by atoms with E-state index < -0.39 is 23.3 Å². The van der Waals surface area contributed by atoms with Crippen LogP contribution in [-0.4, -0.2) is 51.4 Å². The third kappa shape index (κ3) is 5.04. The van der Waals surface area contributed by atoms with E-state index in [-0.39, 0.29) is 11.8 Å². The lowest BCUT2D eigenvalue weighted by molar-refractivity contribution is -0.189. The number of pyridine rings is 1. The Labute approximate surface area is 179 Å². The lowest BCUT2D eigenvalue weighted by atomic mass is 9.68. The summed E-state index contributed by atoms with van der Waals surface area (Å²) in [6.45, 7) is 5.67. The van der Waals surface area contributed by atoms with Gasteiger partial charge in [-0.05, 0) is 50.3 Å². The predicted molar refractivity (Wildman–Crippen MR) is 111 cm³/mol. The van der Waals surface area contributed by atoms with Gasteiger partial charge in [0.25, 0.3) is 0 Å². The first kappa shape index (κ1) is 23.2. The molecule has 1 atom stereocenters. The lowest BCUT2D eigenvalue weighted by Crippen LogP contribution is -2.44. The zero-order valence-corrected chi connectivity index (χ0v) is 18.4. The van der Waals surface area contributed by atoms with Gasteiger partial charge in [0.1, 0.15) is 0 Å². The fourth-order valence-electron chi connectivity index (χ4n) is 4.04. The summed E-state index contributed by atoms with van der Waals surface area (Å²) in [6, 6.07) is 2.93. The van der Waals surface area contributed by atoms with Crippen LogP contribution in [0.3, 0.4) is 0 Å². The predicted octanol–water partition coefficient (Wildman–Crippen LogP) is 4.58. The number of anilines is 1. The van der Waals surface area contributed by atoms with Crippen LogP contribution in [0.5, 0.6) is 5.88 Å². The number of aromatic nitrogens is 1. The number of carbonyl (C=O) groups is 1. The van der Waals surface area contributed by atoms with Gasteiger partial charge >= 0.3 is 6.18 Å². The molecular formula is C21H29F3N2O3S. The largest absolute Gasteiger partial charge is 0.465 e. The molecule has 1 saturated carbocycles. The molecular weight excluding hydrogens is 417 g/mol. The highest BCUT2D eigenvalue weighted by atomic mass is 32.2. The van der Waals surface area contributed by atoms with Gasteiger partial charge in [0.05, 0.1) is 22.9 Å². The Hall–Kier alpha value is -1.48. The number of amides is 1. The van der Waals surface area contributed by atoms with E-state index in [0.29, 0.717) is 55.3 Å². The molecule has 5 nitrogen and oxygen atoms in total. The summed E-state index contributed by atoms with van der Waals surface area (Å²) in [4.78, 5) is 18.8. The molecule has 9 heteroatoms.